The third kappa shape index (κ3) is 2.63. The van der Waals surface area contributed by atoms with E-state index in [1.807, 2.05) is 0 Å². The van der Waals surface area contributed by atoms with E-state index in [1.165, 1.54) is 10.9 Å². The molecule has 2 aromatic heterocycles. The second-order valence-corrected chi connectivity index (χ2v) is 5.55. The summed E-state index contributed by atoms with van der Waals surface area (Å²) in [6, 6.07) is 0.154. The van der Waals surface area contributed by atoms with Gasteiger partial charge in [0.2, 0.25) is 5.91 Å². The molecule has 1 unspecified atom stereocenters. The summed E-state index contributed by atoms with van der Waals surface area (Å²) in [5.41, 5.74) is 1.12. The van der Waals surface area contributed by atoms with E-state index in [9.17, 15) is 9.59 Å². The molecule has 0 saturated carbocycles. The zero-order chi connectivity index (χ0) is 15.7. The summed E-state index contributed by atoms with van der Waals surface area (Å²) >= 11 is 0. The summed E-state index contributed by atoms with van der Waals surface area (Å²) in [5.74, 6) is -0.0743. The van der Waals surface area contributed by atoms with Crippen LogP contribution in [0, 0.1) is 13.8 Å². The first-order chi connectivity index (χ1) is 10.6. The fourth-order valence-corrected chi connectivity index (χ4v) is 2.63. The van der Waals surface area contributed by atoms with Crippen LogP contribution in [0.25, 0.3) is 0 Å². The van der Waals surface area contributed by atoms with Crippen LogP contribution in [0.1, 0.15) is 23.7 Å². The van der Waals surface area contributed by atoms with E-state index < -0.39 is 0 Å². The highest BCUT2D eigenvalue weighted by molar-refractivity contribution is 5.76. The molecule has 1 atom stereocenters. The van der Waals surface area contributed by atoms with Crippen molar-refractivity contribution in [3.05, 3.63) is 40.3 Å². The first-order valence-electron chi connectivity index (χ1n) is 7.22. The highest BCUT2D eigenvalue weighted by atomic mass is 16.2. The normalized spacial score (nSPS) is 17.9. The molecular weight excluding hydrogens is 284 g/mol. The lowest BCUT2D eigenvalue weighted by molar-refractivity contribution is -0.130. The van der Waals surface area contributed by atoms with Crippen LogP contribution >= 0.6 is 0 Å². The van der Waals surface area contributed by atoms with Crippen molar-refractivity contribution in [2.45, 2.75) is 32.9 Å². The smallest absolute Gasteiger partial charge is 0.256 e. The van der Waals surface area contributed by atoms with Crippen LogP contribution in [0.5, 0.6) is 0 Å². The van der Waals surface area contributed by atoms with Crippen LogP contribution in [0.2, 0.25) is 0 Å². The minimum absolute atomic E-state index is 0.0248. The van der Waals surface area contributed by atoms with Crippen LogP contribution in [0.15, 0.2) is 23.5 Å². The molecule has 116 valence electrons. The second kappa shape index (κ2) is 5.70. The molecule has 2 aromatic rings. The molecule has 1 aliphatic heterocycles. The minimum atomic E-state index is -0.159. The van der Waals surface area contributed by atoms with Gasteiger partial charge < -0.3 is 4.90 Å². The van der Waals surface area contributed by atoms with E-state index in [2.05, 4.69) is 15.3 Å². The summed E-state index contributed by atoms with van der Waals surface area (Å²) in [6.45, 7) is 4.79. The average Bonchev–Trinajstić information content (AvgIpc) is 3.18. The Labute approximate surface area is 127 Å². The van der Waals surface area contributed by atoms with Gasteiger partial charge in [-0.15, -0.1) is 5.10 Å². The molecule has 3 heterocycles. The molecule has 0 N–H and O–H groups in total. The van der Waals surface area contributed by atoms with Gasteiger partial charge in [-0.3, -0.25) is 14.2 Å². The SMILES string of the molecule is Cc1ncn(CC(=O)N2CCC(n3ccnn3)C2)c(=O)c1C. The lowest BCUT2D eigenvalue weighted by Crippen LogP contribution is -2.36. The molecule has 8 heteroatoms. The molecule has 1 fully saturated rings. The number of rotatable bonds is 3. The van der Waals surface area contributed by atoms with Gasteiger partial charge in [-0.05, 0) is 20.3 Å². The van der Waals surface area contributed by atoms with Crippen molar-refractivity contribution in [1.82, 2.24) is 29.4 Å². The highest BCUT2D eigenvalue weighted by Gasteiger charge is 2.28. The van der Waals surface area contributed by atoms with E-state index >= 15 is 0 Å². The van der Waals surface area contributed by atoms with E-state index in [0.29, 0.717) is 24.3 Å². The van der Waals surface area contributed by atoms with Crippen molar-refractivity contribution >= 4 is 5.91 Å². The highest BCUT2D eigenvalue weighted by Crippen LogP contribution is 2.20. The number of aromatic nitrogens is 5. The van der Waals surface area contributed by atoms with Crippen molar-refractivity contribution in [3.8, 4) is 0 Å². The standard InChI is InChI=1S/C14H18N6O2/c1-10-11(2)15-9-19(14(10)22)8-13(21)18-5-3-12(7-18)20-6-4-16-17-20/h4,6,9,12H,3,5,7-8H2,1-2H3. The predicted octanol–water partition coefficient (Wildman–Crippen LogP) is -0.0748. The van der Waals surface area contributed by atoms with E-state index in [1.54, 1.807) is 35.8 Å². The minimum Gasteiger partial charge on any atom is -0.339 e. The molecule has 1 aliphatic rings. The summed E-state index contributed by atoms with van der Waals surface area (Å²) < 4.78 is 3.14. The monoisotopic (exact) mass is 302 g/mol. The Kier molecular flexibility index (Phi) is 3.74. The largest absolute Gasteiger partial charge is 0.339 e. The summed E-state index contributed by atoms with van der Waals surface area (Å²) in [6.07, 6.45) is 5.71. The number of hydrogen-bond acceptors (Lipinski definition) is 5. The number of amides is 1. The van der Waals surface area contributed by atoms with Crippen molar-refractivity contribution in [2.24, 2.45) is 0 Å². The zero-order valence-electron chi connectivity index (χ0n) is 12.6. The van der Waals surface area contributed by atoms with Gasteiger partial charge >= 0.3 is 0 Å². The number of carbonyl (C=O) groups excluding carboxylic acids is 1. The quantitative estimate of drug-likeness (QED) is 0.792. The summed E-state index contributed by atoms with van der Waals surface area (Å²) in [7, 11) is 0. The molecule has 0 radical (unpaired) electrons. The Hall–Kier alpha value is -2.51. The molecule has 0 aliphatic carbocycles. The van der Waals surface area contributed by atoms with Gasteiger partial charge in [0.15, 0.2) is 0 Å². The Morgan fingerprint density at radius 2 is 2.23 bits per heavy atom. The molecule has 8 nitrogen and oxygen atoms in total. The zero-order valence-corrected chi connectivity index (χ0v) is 12.6. The second-order valence-electron chi connectivity index (χ2n) is 5.55. The molecule has 22 heavy (non-hydrogen) atoms. The van der Waals surface area contributed by atoms with Gasteiger partial charge in [-0.1, -0.05) is 5.21 Å². The average molecular weight is 302 g/mol. The van der Waals surface area contributed by atoms with Crippen LogP contribution in [-0.2, 0) is 11.3 Å². The maximum atomic E-state index is 12.4. The van der Waals surface area contributed by atoms with Gasteiger partial charge in [0.05, 0.1) is 18.6 Å². The first-order valence-corrected chi connectivity index (χ1v) is 7.22. The third-order valence-electron chi connectivity index (χ3n) is 4.15. The number of hydrogen-bond donors (Lipinski definition) is 0. The lowest BCUT2D eigenvalue weighted by atomic mass is 10.3. The third-order valence-corrected chi connectivity index (χ3v) is 4.15. The maximum Gasteiger partial charge on any atom is 0.256 e. The molecule has 1 amide bonds. The number of carbonyl (C=O) groups is 1. The fourth-order valence-electron chi connectivity index (χ4n) is 2.63. The van der Waals surface area contributed by atoms with Gasteiger partial charge in [-0.2, -0.15) is 0 Å². The fraction of sp³-hybridized carbons (Fsp3) is 0.500. The van der Waals surface area contributed by atoms with E-state index in [4.69, 9.17) is 0 Å². The van der Waals surface area contributed by atoms with Gasteiger partial charge in [0.1, 0.15) is 6.54 Å². The predicted molar refractivity (Wildman–Crippen MR) is 78.2 cm³/mol. The van der Waals surface area contributed by atoms with Crippen molar-refractivity contribution in [1.29, 1.82) is 0 Å². The summed E-state index contributed by atoms with van der Waals surface area (Å²) in [5, 5.41) is 7.76. The Balaban J connectivity index is 1.69. The van der Waals surface area contributed by atoms with Gasteiger partial charge in [0.25, 0.3) is 5.56 Å². The van der Waals surface area contributed by atoms with Crippen LogP contribution in [-0.4, -0.2) is 48.4 Å². The molecule has 0 spiro atoms. The number of nitrogens with zero attached hydrogens (tertiary/aromatic N) is 6. The van der Waals surface area contributed by atoms with Gasteiger partial charge in [0, 0.05) is 30.5 Å². The molecular formula is C14H18N6O2. The number of aryl methyl sites for hydroxylation is 1. The van der Waals surface area contributed by atoms with Gasteiger partial charge in [-0.25, -0.2) is 9.67 Å². The lowest BCUT2D eigenvalue weighted by Gasteiger charge is -2.17. The van der Waals surface area contributed by atoms with Crippen LogP contribution in [0.4, 0.5) is 0 Å². The van der Waals surface area contributed by atoms with E-state index in [0.717, 1.165) is 6.42 Å². The Morgan fingerprint density at radius 3 is 2.95 bits per heavy atom. The molecule has 1 saturated heterocycles. The summed E-state index contributed by atoms with van der Waals surface area (Å²) in [4.78, 5) is 30.4. The first kappa shape index (κ1) is 14.4. The van der Waals surface area contributed by atoms with E-state index in [-0.39, 0.29) is 24.1 Å². The molecule has 0 bridgehead atoms. The van der Waals surface area contributed by atoms with Crippen molar-refractivity contribution < 1.29 is 4.79 Å². The van der Waals surface area contributed by atoms with Crippen molar-refractivity contribution in [3.63, 3.8) is 0 Å². The Bertz CT molecular complexity index is 736. The number of likely N-dealkylation sites (tertiary alicyclic amines) is 1. The van der Waals surface area contributed by atoms with Crippen LogP contribution < -0.4 is 5.56 Å². The van der Waals surface area contributed by atoms with Crippen molar-refractivity contribution in [2.75, 3.05) is 13.1 Å². The molecule has 3 rings (SSSR count). The van der Waals surface area contributed by atoms with Crippen LogP contribution in [0.3, 0.4) is 0 Å². The maximum absolute atomic E-state index is 12.4. The Morgan fingerprint density at radius 1 is 1.41 bits per heavy atom. The topological polar surface area (TPSA) is 85.9 Å². The molecule has 0 aromatic carbocycles.